The molecule has 1 aliphatic carbocycles. The molecule has 1 heterocycles. The molecule has 8 heteroatoms. The van der Waals surface area contributed by atoms with Gasteiger partial charge in [0.1, 0.15) is 18.4 Å². The molecule has 1 aliphatic rings. The molecule has 3 aromatic rings. The number of carbonyl (C=O) groups is 1. The van der Waals surface area contributed by atoms with Crippen molar-refractivity contribution in [3.8, 4) is 23.1 Å². The first-order valence-corrected chi connectivity index (χ1v) is 11.0. The number of urea groups is 1. The average molecular weight is 453 g/mol. The number of ether oxygens (including phenoxy) is 1. The highest BCUT2D eigenvalue weighted by molar-refractivity contribution is 5.96. The predicted molar refractivity (Wildman–Crippen MR) is 124 cm³/mol. The Labute approximate surface area is 191 Å². The van der Waals surface area contributed by atoms with E-state index < -0.39 is 13.0 Å². The normalized spacial score (nSPS) is 13.4. The van der Waals surface area contributed by atoms with Crippen LogP contribution in [0.4, 0.5) is 19.3 Å². The van der Waals surface area contributed by atoms with Gasteiger partial charge in [0, 0.05) is 29.7 Å². The highest BCUT2D eigenvalue weighted by Crippen LogP contribution is 2.39. The van der Waals surface area contributed by atoms with Gasteiger partial charge in [0.15, 0.2) is 0 Å². The molecule has 2 amide bonds. The second kappa shape index (κ2) is 9.49. The van der Waals surface area contributed by atoms with Crippen LogP contribution in [-0.2, 0) is 6.54 Å². The fourth-order valence-corrected chi connectivity index (χ4v) is 3.88. The van der Waals surface area contributed by atoms with Crippen molar-refractivity contribution in [1.29, 1.82) is 5.26 Å². The zero-order valence-corrected chi connectivity index (χ0v) is 18.6. The Balaban J connectivity index is 1.72. The lowest BCUT2D eigenvalue weighted by Gasteiger charge is -2.13. The highest BCUT2D eigenvalue weighted by Gasteiger charge is 2.26. The van der Waals surface area contributed by atoms with Crippen molar-refractivity contribution in [1.82, 2.24) is 9.88 Å². The van der Waals surface area contributed by atoms with Crippen molar-refractivity contribution in [2.75, 3.05) is 11.9 Å². The van der Waals surface area contributed by atoms with Gasteiger partial charge < -0.3 is 19.9 Å². The molecule has 0 atom stereocenters. The monoisotopic (exact) mass is 452 g/mol. The van der Waals surface area contributed by atoms with Crippen molar-refractivity contribution in [2.24, 2.45) is 5.92 Å². The first-order chi connectivity index (χ1) is 15.9. The molecule has 1 saturated carbocycles. The Morgan fingerprint density at radius 3 is 2.55 bits per heavy atom. The van der Waals surface area contributed by atoms with Gasteiger partial charge in [-0.1, -0.05) is 12.1 Å². The molecule has 0 unspecified atom stereocenters. The molecular weight excluding hydrogens is 426 g/mol. The number of alkyl halides is 2. The fraction of sp³-hybridized carbons (Fsp3) is 0.360. The number of nitrogens with one attached hydrogen (secondary N) is 2. The Hall–Kier alpha value is -3.60. The SMILES string of the molecule is CC(C)NC(=O)Nc1ccc(-c2c(C#N)c3ccc(OCC(F)F)cc3n2CC2CC2)cc1. The van der Waals surface area contributed by atoms with Gasteiger partial charge in [0.25, 0.3) is 6.43 Å². The summed E-state index contributed by atoms with van der Waals surface area (Å²) in [5.74, 6) is 0.876. The molecule has 33 heavy (non-hydrogen) atoms. The zero-order valence-electron chi connectivity index (χ0n) is 18.6. The Morgan fingerprint density at radius 2 is 1.94 bits per heavy atom. The van der Waals surface area contributed by atoms with Gasteiger partial charge in [0.05, 0.1) is 16.8 Å². The molecule has 0 radical (unpaired) electrons. The summed E-state index contributed by atoms with van der Waals surface area (Å²) in [5.41, 5.74) is 3.59. The summed E-state index contributed by atoms with van der Waals surface area (Å²) in [4.78, 5) is 12.0. The van der Waals surface area contributed by atoms with E-state index in [4.69, 9.17) is 4.74 Å². The molecule has 1 aromatic heterocycles. The van der Waals surface area contributed by atoms with Gasteiger partial charge >= 0.3 is 6.03 Å². The maximum absolute atomic E-state index is 12.6. The number of hydrogen-bond donors (Lipinski definition) is 2. The summed E-state index contributed by atoms with van der Waals surface area (Å²) in [5, 5.41) is 16.3. The van der Waals surface area contributed by atoms with E-state index in [-0.39, 0.29) is 12.1 Å². The van der Waals surface area contributed by atoms with Crippen LogP contribution in [0.2, 0.25) is 0 Å². The van der Waals surface area contributed by atoms with E-state index in [1.54, 1.807) is 30.3 Å². The number of rotatable bonds is 8. The van der Waals surface area contributed by atoms with Crippen molar-refractivity contribution in [2.45, 2.75) is 45.7 Å². The van der Waals surface area contributed by atoms with E-state index in [1.165, 1.54) is 0 Å². The van der Waals surface area contributed by atoms with E-state index >= 15 is 0 Å². The fourth-order valence-electron chi connectivity index (χ4n) is 3.88. The van der Waals surface area contributed by atoms with E-state index in [0.29, 0.717) is 22.9 Å². The second-order valence-electron chi connectivity index (χ2n) is 8.60. The van der Waals surface area contributed by atoms with Gasteiger partial charge in [-0.2, -0.15) is 5.26 Å². The smallest absolute Gasteiger partial charge is 0.319 e. The van der Waals surface area contributed by atoms with Crippen molar-refractivity contribution in [3.05, 3.63) is 48.0 Å². The highest BCUT2D eigenvalue weighted by atomic mass is 19.3. The van der Waals surface area contributed by atoms with Crippen LogP contribution in [0.5, 0.6) is 5.75 Å². The van der Waals surface area contributed by atoms with Crippen LogP contribution in [0.15, 0.2) is 42.5 Å². The lowest BCUT2D eigenvalue weighted by Crippen LogP contribution is -2.34. The molecule has 172 valence electrons. The lowest BCUT2D eigenvalue weighted by molar-refractivity contribution is 0.0819. The largest absolute Gasteiger partial charge is 0.488 e. The van der Waals surface area contributed by atoms with Gasteiger partial charge in [-0.15, -0.1) is 0 Å². The Kier molecular flexibility index (Phi) is 6.50. The number of halogens is 2. The molecule has 2 aromatic carbocycles. The van der Waals surface area contributed by atoms with Gasteiger partial charge in [-0.05, 0) is 62.4 Å². The minimum Gasteiger partial charge on any atom is -0.488 e. The average Bonchev–Trinajstić information content (AvgIpc) is 3.54. The third kappa shape index (κ3) is 5.25. The first kappa shape index (κ1) is 22.6. The summed E-state index contributed by atoms with van der Waals surface area (Å²) >= 11 is 0. The number of hydrogen-bond acceptors (Lipinski definition) is 3. The summed E-state index contributed by atoms with van der Waals surface area (Å²) in [6.45, 7) is 3.83. The molecule has 0 spiro atoms. The Morgan fingerprint density at radius 1 is 1.21 bits per heavy atom. The Bertz CT molecular complexity index is 1190. The van der Waals surface area contributed by atoms with Crippen LogP contribution in [0, 0.1) is 17.2 Å². The van der Waals surface area contributed by atoms with Crippen LogP contribution in [0.1, 0.15) is 32.3 Å². The number of aromatic nitrogens is 1. The molecule has 6 nitrogen and oxygen atoms in total. The molecule has 0 aliphatic heterocycles. The summed E-state index contributed by atoms with van der Waals surface area (Å²) in [6, 6.07) is 14.5. The number of fused-ring (bicyclic) bond motifs is 1. The van der Waals surface area contributed by atoms with E-state index in [0.717, 1.165) is 41.5 Å². The molecule has 1 fully saturated rings. The third-order valence-corrected chi connectivity index (χ3v) is 5.50. The minimum atomic E-state index is -2.56. The number of benzene rings is 2. The maximum Gasteiger partial charge on any atom is 0.319 e. The molecular formula is C25H26F2N4O2. The standard InChI is InChI=1S/C25H26F2N4O2/c1-15(2)29-25(32)30-18-7-5-17(6-8-18)24-21(12-28)20-10-9-19(33-14-23(26)27)11-22(20)31(24)13-16-3-4-16/h5-11,15-16,23H,3-4,13-14H2,1-2H3,(H2,29,30,32). The number of nitrogens with zero attached hydrogens (tertiary/aromatic N) is 2. The van der Waals surface area contributed by atoms with E-state index in [9.17, 15) is 18.8 Å². The van der Waals surface area contributed by atoms with Gasteiger partial charge in [-0.25, -0.2) is 13.6 Å². The van der Waals surface area contributed by atoms with Gasteiger partial charge in [0.2, 0.25) is 0 Å². The number of amides is 2. The van der Waals surface area contributed by atoms with Crippen molar-refractivity contribution in [3.63, 3.8) is 0 Å². The van der Waals surface area contributed by atoms with E-state index in [1.807, 2.05) is 26.0 Å². The maximum atomic E-state index is 12.6. The number of anilines is 1. The summed E-state index contributed by atoms with van der Waals surface area (Å²) < 4.78 is 32.5. The predicted octanol–water partition coefficient (Wildman–Crippen LogP) is 5.76. The van der Waals surface area contributed by atoms with Crippen LogP contribution in [-0.4, -0.2) is 29.7 Å². The van der Waals surface area contributed by atoms with Crippen LogP contribution >= 0.6 is 0 Å². The van der Waals surface area contributed by atoms with Crippen LogP contribution < -0.4 is 15.4 Å². The molecule has 0 saturated heterocycles. The molecule has 4 rings (SSSR count). The first-order valence-electron chi connectivity index (χ1n) is 11.0. The molecule has 2 N–H and O–H groups in total. The third-order valence-electron chi connectivity index (χ3n) is 5.50. The number of carbonyl (C=O) groups excluding carboxylic acids is 1. The van der Waals surface area contributed by atoms with Crippen molar-refractivity contribution >= 4 is 22.6 Å². The quantitative estimate of drug-likeness (QED) is 0.456. The minimum absolute atomic E-state index is 0.0233. The van der Waals surface area contributed by atoms with E-state index in [2.05, 4.69) is 21.3 Å². The topological polar surface area (TPSA) is 79.1 Å². The number of nitriles is 1. The summed E-state index contributed by atoms with van der Waals surface area (Å²) in [6.07, 6.45) is -0.314. The zero-order chi connectivity index (χ0) is 23.5. The molecule has 0 bridgehead atoms. The van der Waals surface area contributed by atoms with Crippen molar-refractivity contribution < 1.29 is 18.3 Å². The second-order valence-corrected chi connectivity index (χ2v) is 8.60. The summed E-state index contributed by atoms with van der Waals surface area (Å²) in [7, 11) is 0. The van der Waals surface area contributed by atoms with Crippen LogP contribution in [0.3, 0.4) is 0 Å². The van der Waals surface area contributed by atoms with Gasteiger partial charge in [-0.3, -0.25) is 0 Å². The lowest BCUT2D eigenvalue weighted by atomic mass is 10.1. The van der Waals surface area contributed by atoms with Crippen LogP contribution in [0.25, 0.3) is 22.2 Å².